The second kappa shape index (κ2) is 8.96. The van der Waals surface area contributed by atoms with Crippen molar-refractivity contribution < 1.29 is 19.2 Å². The fraction of sp³-hybridized carbons (Fsp3) is 0.444. The van der Waals surface area contributed by atoms with Crippen LogP contribution in [0.3, 0.4) is 0 Å². The molecular weight excluding hydrogens is 324 g/mol. The van der Waals surface area contributed by atoms with Crippen LogP contribution in [0.4, 0.5) is 5.69 Å². The molecule has 2 rings (SSSR count). The maximum absolute atomic E-state index is 11.8. The molecule has 0 bridgehead atoms. The Morgan fingerprint density at radius 2 is 2.04 bits per heavy atom. The average Bonchev–Trinajstić information content (AvgIpc) is 2.60. The molecule has 0 spiro atoms. The lowest BCUT2D eigenvalue weighted by Gasteiger charge is -2.26. The van der Waals surface area contributed by atoms with Crippen molar-refractivity contribution in [2.24, 2.45) is 5.92 Å². The van der Waals surface area contributed by atoms with E-state index in [1.54, 1.807) is 6.07 Å². The first-order valence-corrected chi connectivity index (χ1v) is 8.32. The molecule has 0 aromatic heterocycles. The van der Waals surface area contributed by atoms with Crippen LogP contribution in [0.2, 0.25) is 0 Å². The van der Waals surface area contributed by atoms with Crippen LogP contribution >= 0.6 is 0 Å². The number of hydrogen-bond donors (Lipinski definition) is 1. The van der Waals surface area contributed by atoms with Gasteiger partial charge in [0.1, 0.15) is 0 Å². The van der Waals surface area contributed by atoms with E-state index in [-0.39, 0.29) is 24.2 Å². The first-order chi connectivity index (χ1) is 11.9. The summed E-state index contributed by atoms with van der Waals surface area (Å²) >= 11 is 0. The Morgan fingerprint density at radius 1 is 1.32 bits per heavy atom. The molecule has 1 fully saturated rings. The fourth-order valence-corrected chi connectivity index (χ4v) is 2.76. The quantitative estimate of drug-likeness (QED) is 0.370. The van der Waals surface area contributed by atoms with Crippen molar-refractivity contribution in [2.45, 2.75) is 38.6 Å². The summed E-state index contributed by atoms with van der Waals surface area (Å²) in [5.41, 5.74) is 0.448. The van der Waals surface area contributed by atoms with Gasteiger partial charge in [-0.3, -0.25) is 14.9 Å². The van der Waals surface area contributed by atoms with E-state index in [0.29, 0.717) is 11.5 Å². The van der Waals surface area contributed by atoms with E-state index < -0.39 is 10.9 Å². The first-order valence-electron chi connectivity index (χ1n) is 8.32. The zero-order valence-corrected chi connectivity index (χ0v) is 14.1. The lowest BCUT2D eigenvalue weighted by molar-refractivity contribution is -0.384. The third-order valence-corrected chi connectivity index (χ3v) is 4.22. The average molecular weight is 346 g/mol. The van der Waals surface area contributed by atoms with Gasteiger partial charge in [-0.1, -0.05) is 19.1 Å². The Morgan fingerprint density at radius 3 is 2.72 bits per heavy atom. The van der Waals surface area contributed by atoms with Crippen LogP contribution in [0.5, 0.6) is 0 Å². The summed E-state index contributed by atoms with van der Waals surface area (Å²) < 4.78 is 4.89. The van der Waals surface area contributed by atoms with Crippen LogP contribution in [0.1, 0.15) is 38.2 Å². The van der Waals surface area contributed by atoms with E-state index in [1.807, 2.05) is 0 Å². The molecule has 1 aromatic rings. The normalized spacial score (nSPS) is 20.2. The summed E-state index contributed by atoms with van der Waals surface area (Å²) in [4.78, 5) is 33.6. The molecule has 0 aliphatic heterocycles. The lowest BCUT2D eigenvalue weighted by Crippen LogP contribution is -2.39. The van der Waals surface area contributed by atoms with E-state index in [4.69, 9.17) is 4.74 Å². The van der Waals surface area contributed by atoms with Gasteiger partial charge >= 0.3 is 5.97 Å². The van der Waals surface area contributed by atoms with E-state index in [2.05, 4.69) is 12.2 Å². The summed E-state index contributed by atoms with van der Waals surface area (Å²) in [5.74, 6) is -0.277. The minimum atomic E-state index is -0.668. The number of benzene rings is 1. The van der Waals surface area contributed by atoms with Gasteiger partial charge in [0.2, 0.25) is 0 Å². The Labute approximate surface area is 146 Å². The van der Waals surface area contributed by atoms with Crippen molar-refractivity contribution in [3.63, 3.8) is 0 Å². The van der Waals surface area contributed by atoms with Gasteiger partial charge in [-0.15, -0.1) is 0 Å². The van der Waals surface area contributed by atoms with Crippen LogP contribution in [-0.2, 0) is 14.3 Å². The summed E-state index contributed by atoms with van der Waals surface area (Å²) in [6.45, 7) is 1.87. The van der Waals surface area contributed by atoms with E-state index in [0.717, 1.165) is 31.8 Å². The molecule has 25 heavy (non-hydrogen) atoms. The topological polar surface area (TPSA) is 98.5 Å². The third-order valence-electron chi connectivity index (χ3n) is 4.22. The number of nitro groups is 1. The molecule has 0 radical (unpaired) electrons. The number of nitrogens with zero attached hydrogens (tertiary/aromatic N) is 1. The van der Waals surface area contributed by atoms with Crippen LogP contribution in [0, 0.1) is 16.0 Å². The number of amides is 1. The predicted octanol–water partition coefficient (Wildman–Crippen LogP) is 2.85. The van der Waals surface area contributed by atoms with Gasteiger partial charge in [0.25, 0.3) is 11.6 Å². The molecule has 1 saturated carbocycles. The predicted molar refractivity (Wildman–Crippen MR) is 92.7 cm³/mol. The van der Waals surface area contributed by atoms with Gasteiger partial charge < -0.3 is 10.1 Å². The summed E-state index contributed by atoms with van der Waals surface area (Å²) in [6, 6.07) is 6.03. The second-order valence-corrected chi connectivity index (χ2v) is 6.32. The molecule has 1 aromatic carbocycles. The standard InChI is InChI=1S/C18H22N2O5/c1-13-5-8-15(9-6-13)19-17(21)12-25-18(22)10-7-14-3-2-4-16(11-14)20(23)24/h2-4,7,10-11,13,15H,5-6,8-9,12H2,1H3,(H,19,21)/b10-7+. The number of rotatable bonds is 6. The summed E-state index contributed by atoms with van der Waals surface area (Å²) in [6.07, 6.45) is 6.65. The van der Waals surface area contributed by atoms with Crippen molar-refractivity contribution in [3.05, 3.63) is 46.0 Å². The minimum absolute atomic E-state index is 0.0586. The molecule has 1 aliphatic rings. The maximum Gasteiger partial charge on any atom is 0.331 e. The van der Waals surface area contributed by atoms with Gasteiger partial charge in [-0.2, -0.15) is 0 Å². The molecule has 0 unspecified atom stereocenters. The molecule has 7 heteroatoms. The van der Waals surface area contributed by atoms with Crippen molar-refractivity contribution in [2.75, 3.05) is 6.61 Å². The van der Waals surface area contributed by atoms with E-state index in [1.165, 1.54) is 24.3 Å². The van der Waals surface area contributed by atoms with Crippen LogP contribution in [0.25, 0.3) is 6.08 Å². The van der Waals surface area contributed by atoms with Crippen molar-refractivity contribution in [1.29, 1.82) is 0 Å². The third kappa shape index (κ3) is 6.37. The van der Waals surface area contributed by atoms with Crippen LogP contribution in [-0.4, -0.2) is 29.4 Å². The molecule has 1 amide bonds. The molecule has 1 N–H and O–H groups in total. The molecular formula is C18H22N2O5. The zero-order chi connectivity index (χ0) is 18.2. The lowest BCUT2D eigenvalue weighted by atomic mass is 9.87. The van der Waals surface area contributed by atoms with Gasteiger partial charge in [0.05, 0.1) is 4.92 Å². The summed E-state index contributed by atoms with van der Waals surface area (Å²) in [5, 5.41) is 13.6. The fourth-order valence-electron chi connectivity index (χ4n) is 2.76. The van der Waals surface area contributed by atoms with E-state index >= 15 is 0 Å². The highest BCUT2D eigenvalue weighted by molar-refractivity contribution is 5.89. The molecule has 0 heterocycles. The van der Waals surface area contributed by atoms with Crippen molar-refractivity contribution in [1.82, 2.24) is 5.32 Å². The Balaban J connectivity index is 1.75. The van der Waals surface area contributed by atoms with Gasteiger partial charge in [-0.05, 0) is 43.2 Å². The molecule has 0 saturated heterocycles. The van der Waals surface area contributed by atoms with Crippen molar-refractivity contribution >= 4 is 23.6 Å². The first kappa shape index (κ1) is 18.6. The Bertz CT molecular complexity index is 663. The zero-order valence-electron chi connectivity index (χ0n) is 14.1. The highest BCUT2D eigenvalue weighted by Crippen LogP contribution is 2.23. The maximum atomic E-state index is 11.8. The Kier molecular flexibility index (Phi) is 6.68. The van der Waals surface area contributed by atoms with E-state index in [9.17, 15) is 19.7 Å². The summed E-state index contributed by atoms with van der Waals surface area (Å²) in [7, 11) is 0. The number of esters is 1. The second-order valence-electron chi connectivity index (χ2n) is 6.32. The Hall–Kier alpha value is -2.70. The molecule has 7 nitrogen and oxygen atoms in total. The number of hydrogen-bond acceptors (Lipinski definition) is 5. The van der Waals surface area contributed by atoms with Crippen molar-refractivity contribution in [3.8, 4) is 0 Å². The molecule has 0 atom stereocenters. The number of nitrogens with one attached hydrogen (secondary N) is 1. The number of carbonyl (C=O) groups is 2. The smallest absolute Gasteiger partial charge is 0.331 e. The minimum Gasteiger partial charge on any atom is -0.452 e. The highest BCUT2D eigenvalue weighted by Gasteiger charge is 2.19. The number of ether oxygens (including phenoxy) is 1. The largest absolute Gasteiger partial charge is 0.452 e. The highest BCUT2D eigenvalue weighted by atomic mass is 16.6. The van der Waals surface area contributed by atoms with Crippen LogP contribution < -0.4 is 5.32 Å². The number of non-ortho nitro benzene ring substituents is 1. The SMILES string of the molecule is CC1CCC(NC(=O)COC(=O)/C=C/c2cccc([N+](=O)[O-])c2)CC1. The van der Waals surface area contributed by atoms with Crippen LogP contribution in [0.15, 0.2) is 30.3 Å². The molecule has 1 aliphatic carbocycles. The number of nitro benzene ring substituents is 1. The monoisotopic (exact) mass is 346 g/mol. The van der Waals surface area contributed by atoms with Gasteiger partial charge in [-0.25, -0.2) is 4.79 Å². The van der Waals surface area contributed by atoms with Gasteiger partial charge in [0.15, 0.2) is 6.61 Å². The number of carbonyl (C=O) groups excluding carboxylic acids is 2. The molecule has 134 valence electrons. The van der Waals surface area contributed by atoms with Gasteiger partial charge in [0, 0.05) is 24.3 Å².